The lowest BCUT2D eigenvalue weighted by Gasteiger charge is -2.23. The van der Waals surface area contributed by atoms with Crippen LogP contribution in [-0.2, 0) is 27.4 Å². The van der Waals surface area contributed by atoms with Crippen LogP contribution < -0.4 is 5.32 Å². The van der Waals surface area contributed by atoms with Crippen LogP contribution in [0.5, 0.6) is 0 Å². The van der Waals surface area contributed by atoms with Crippen molar-refractivity contribution in [3.8, 4) is 0 Å². The highest BCUT2D eigenvalue weighted by Gasteiger charge is 2.66. The highest BCUT2D eigenvalue weighted by atomic mass is 32.1. The monoisotopic (exact) mass is 398 g/mol. The van der Waals surface area contributed by atoms with E-state index in [-0.39, 0.29) is 23.7 Å². The van der Waals surface area contributed by atoms with Gasteiger partial charge in [0.15, 0.2) is 0 Å². The number of carbonyl (C=O) groups excluding carboxylic acids is 2. The number of thiophene rings is 1. The van der Waals surface area contributed by atoms with E-state index in [0.29, 0.717) is 19.6 Å². The van der Waals surface area contributed by atoms with Gasteiger partial charge in [-0.15, -0.1) is 11.3 Å². The Balaban J connectivity index is 1.32. The van der Waals surface area contributed by atoms with Gasteiger partial charge in [-0.3, -0.25) is 9.59 Å². The first-order valence-electron chi connectivity index (χ1n) is 9.26. The van der Waals surface area contributed by atoms with Crippen LogP contribution in [0.2, 0.25) is 0 Å². The first-order valence-corrected chi connectivity index (χ1v) is 10.1. The average Bonchev–Trinajstić information content (AvgIpc) is 3.45. The van der Waals surface area contributed by atoms with Crippen molar-refractivity contribution in [1.82, 2.24) is 10.2 Å². The summed E-state index contributed by atoms with van der Waals surface area (Å²) in [5.74, 6) is -1.56. The molecule has 4 unspecified atom stereocenters. The van der Waals surface area contributed by atoms with E-state index in [1.807, 2.05) is 29.7 Å². The van der Waals surface area contributed by atoms with Gasteiger partial charge in [-0.05, 0) is 29.1 Å². The Labute approximate surface area is 165 Å². The molecule has 4 atom stereocenters. The predicted octanol–water partition coefficient (Wildman–Crippen LogP) is 2.49. The van der Waals surface area contributed by atoms with Crippen molar-refractivity contribution in [2.45, 2.75) is 24.8 Å². The molecule has 0 aliphatic carbocycles. The maximum atomic E-state index is 13.1. The quantitative estimate of drug-likeness (QED) is 0.788. The molecule has 1 N–H and O–H groups in total. The van der Waals surface area contributed by atoms with Crippen LogP contribution in [0, 0.1) is 17.7 Å². The molecule has 2 aromatic rings. The van der Waals surface area contributed by atoms with Crippen LogP contribution >= 0.6 is 11.3 Å². The van der Waals surface area contributed by atoms with Crippen molar-refractivity contribution in [3.63, 3.8) is 0 Å². The Bertz CT molecular complexity index is 943. The van der Waals surface area contributed by atoms with E-state index in [4.69, 9.17) is 4.74 Å². The molecule has 5 rings (SSSR count). The Morgan fingerprint density at radius 2 is 2.14 bits per heavy atom. The number of fused-ring (bicyclic) bond motifs is 1. The third-order valence-electron chi connectivity index (χ3n) is 5.79. The molecule has 1 aromatic heterocycles. The molecular weight excluding hydrogens is 379 g/mol. The summed E-state index contributed by atoms with van der Waals surface area (Å²) < 4.78 is 19.2. The number of likely N-dealkylation sites (tertiary alicyclic amines) is 1. The van der Waals surface area contributed by atoms with E-state index in [2.05, 4.69) is 5.32 Å². The number of amides is 2. The SMILES string of the molecule is O=C(NCc1ccc(F)cc1)C1C2C=CC3(CN(Cc4cccs4)C(=O)C13)O2. The second-order valence-electron chi connectivity index (χ2n) is 7.52. The van der Waals surface area contributed by atoms with Gasteiger partial charge in [-0.1, -0.05) is 30.4 Å². The normalized spacial score (nSPS) is 30.1. The molecule has 1 aromatic carbocycles. The van der Waals surface area contributed by atoms with Gasteiger partial charge in [0.25, 0.3) is 0 Å². The highest BCUT2D eigenvalue weighted by molar-refractivity contribution is 7.09. The number of hydrogen-bond acceptors (Lipinski definition) is 4. The molecular formula is C21H19FN2O3S. The van der Waals surface area contributed by atoms with Gasteiger partial charge in [0.1, 0.15) is 11.4 Å². The zero-order chi connectivity index (χ0) is 19.3. The van der Waals surface area contributed by atoms with E-state index in [9.17, 15) is 14.0 Å². The van der Waals surface area contributed by atoms with Crippen LogP contribution in [0.25, 0.3) is 0 Å². The van der Waals surface area contributed by atoms with Crippen molar-refractivity contribution in [1.29, 1.82) is 0 Å². The molecule has 144 valence electrons. The van der Waals surface area contributed by atoms with Gasteiger partial charge >= 0.3 is 0 Å². The molecule has 0 radical (unpaired) electrons. The molecule has 2 bridgehead atoms. The number of halogens is 1. The lowest BCUT2D eigenvalue weighted by Crippen LogP contribution is -2.43. The molecule has 2 fully saturated rings. The zero-order valence-corrected chi connectivity index (χ0v) is 15.8. The van der Waals surface area contributed by atoms with Gasteiger partial charge in [-0.25, -0.2) is 4.39 Å². The minimum atomic E-state index is -0.698. The number of hydrogen-bond donors (Lipinski definition) is 1. The molecule has 0 saturated carbocycles. The largest absolute Gasteiger partial charge is 0.360 e. The van der Waals surface area contributed by atoms with E-state index in [1.54, 1.807) is 28.4 Å². The maximum absolute atomic E-state index is 13.1. The van der Waals surface area contributed by atoms with E-state index in [0.717, 1.165) is 10.4 Å². The fraction of sp³-hybridized carbons (Fsp3) is 0.333. The Hall–Kier alpha value is -2.51. The van der Waals surface area contributed by atoms with Crippen LogP contribution in [0.4, 0.5) is 4.39 Å². The standard InChI is InChI=1S/C21H19FN2O3S/c22-14-5-3-13(4-6-14)10-23-19(25)17-16-7-8-21(27-16)12-24(20(26)18(17)21)11-15-2-1-9-28-15/h1-9,16-18H,10-12H2,(H,23,25). The lowest BCUT2D eigenvalue weighted by molar-refractivity contribution is -0.137. The summed E-state index contributed by atoms with van der Waals surface area (Å²) >= 11 is 1.61. The molecule has 7 heteroatoms. The van der Waals surface area contributed by atoms with Gasteiger partial charge in [0.2, 0.25) is 11.8 Å². The Morgan fingerprint density at radius 3 is 2.89 bits per heavy atom. The van der Waals surface area contributed by atoms with Crippen molar-refractivity contribution >= 4 is 23.2 Å². The van der Waals surface area contributed by atoms with Gasteiger partial charge in [-0.2, -0.15) is 0 Å². The summed E-state index contributed by atoms with van der Waals surface area (Å²) in [7, 11) is 0. The Kier molecular flexibility index (Phi) is 4.10. The number of nitrogens with one attached hydrogen (secondary N) is 1. The lowest BCUT2D eigenvalue weighted by atomic mass is 9.77. The molecule has 3 aliphatic heterocycles. The van der Waals surface area contributed by atoms with Gasteiger partial charge < -0.3 is 15.0 Å². The number of ether oxygens (including phenoxy) is 1. The third kappa shape index (κ3) is 2.77. The van der Waals surface area contributed by atoms with E-state index in [1.165, 1.54) is 12.1 Å². The fourth-order valence-corrected chi connectivity index (χ4v) is 5.23. The number of carbonyl (C=O) groups is 2. The number of rotatable bonds is 5. The fourth-order valence-electron chi connectivity index (χ4n) is 4.51. The smallest absolute Gasteiger partial charge is 0.230 e. The molecule has 2 saturated heterocycles. The van der Waals surface area contributed by atoms with Crippen molar-refractivity contribution in [3.05, 3.63) is 70.2 Å². The molecule has 28 heavy (non-hydrogen) atoms. The van der Waals surface area contributed by atoms with Gasteiger partial charge in [0.05, 0.1) is 31.0 Å². The number of benzene rings is 1. The molecule has 3 aliphatic rings. The minimum Gasteiger partial charge on any atom is -0.360 e. The predicted molar refractivity (Wildman–Crippen MR) is 102 cm³/mol. The topological polar surface area (TPSA) is 58.6 Å². The molecule has 2 amide bonds. The summed E-state index contributed by atoms with van der Waals surface area (Å²) in [6, 6.07) is 9.97. The minimum absolute atomic E-state index is 0.0258. The summed E-state index contributed by atoms with van der Waals surface area (Å²) in [5, 5.41) is 4.88. The van der Waals surface area contributed by atoms with Crippen LogP contribution in [0.15, 0.2) is 53.9 Å². The molecule has 1 spiro atoms. The molecule has 4 heterocycles. The average molecular weight is 398 g/mol. The van der Waals surface area contributed by atoms with Crippen molar-refractivity contribution in [2.24, 2.45) is 11.8 Å². The second-order valence-corrected chi connectivity index (χ2v) is 8.55. The van der Waals surface area contributed by atoms with Crippen LogP contribution in [-0.4, -0.2) is 35.0 Å². The maximum Gasteiger partial charge on any atom is 0.230 e. The summed E-state index contributed by atoms with van der Waals surface area (Å²) in [5.41, 5.74) is 0.109. The van der Waals surface area contributed by atoms with Crippen molar-refractivity contribution < 1.29 is 18.7 Å². The van der Waals surface area contributed by atoms with Crippen molar-refractivity contribution in [2.75, 3.05) is 6.54 Å². The van der Waals surface area contributed by atoms with E-state index < -0.39 is 17.4 Å². The summed E-state index contributed by atoms with van der Waals surface area (Å²) in [4.78, 5) is 28.9. The van der Waals surface area contributed by atoms with Gasteiger partial charge in [0, 0.05) is 11.4 Å². The van der Waals surface area contributed by atoms with Crippen LogP contribution in [0.3, 0.4) is 0 Å². The number of nitrogens with zero attached hydrogens (tertiary/aromatic N) is 1. The van der Waals surface area contributed by atoms with Crippen LogP contribution in [0.1, 0.15) is 10.4 Å². The second kappa shape index (κ2) is 6.53. The first kappa shape index (κ1) is 17.6. The molecule has 5 nitrogen and oxygen atoms in total. The zero-order valence-electron chi connectivity index (χ0n) is 15.0. The highest BCUT2D eigenvalue weighted by Crippen LogP contribution is 2.52. The summed E-state index contributed by atoms with van der Waals surface area (Å²) in [6.45, 7) is 1.31. The summed E-state index contributed by atoms with van der Waals surface area (Å²) in [6.07, 6.45) is 3.49. The Morgan fingerprint density at radius 1 is 1.32 bits per heavy atom. The van der Waals surface area contributed by atoms with E-state index >= 15 is 0 Å². The third-order valence-corrected chi connectivity index (χ3v) is 6.65. The first-order chi connectivity index (χ1) is 13.6.